The first-order valence-corrected chi connectivity index (χ1v) is 10.7. The van der Waals surface area contributed by atoms with Gasteiger partial charge >= 0.3 is 6.09 Å². The summed E-state index contributed by atoms with van der Waals surface area (Å²) in [5, 5.41) is 0.437. The predicted molar refractivity (Wildman–Crippen MR) is 113 cm³/mol. The first-order chi connectivity index (χ1) is 13.6. The third kappa shape index (κ3) is 5.96. The summed E-state index contributed by atoms with van der Waals surface area (Å²) in [6.07, 6.45) is 1.60. The van der Waals surface area contributed by atoms with E-state index >= 15 is 0 Å². The second-order valence-electron chi connectivity index (χ2n) is 8.53. The van der Waals surface area contributed by atoms with Gasteiger partial charge in [-0.1, -0.05) is 23.2 Å². The third-order valence-corrected chi connectivity index (χ3v) is 5.63. The average Bonchev–Trinajstić information content (AvgIpc) is 2.65. The number of pyridine rings is 1. The van der Waals surface area contributed by atoms with Gasteiger partial charge in [-0.25, -0.2) is 9.78 Å². The molecule has 3 rings (SSSR count). The third-order valence-electron chi connectivity index (χ3n) is 5.24. The molecule has 160 valence electrons. The molecule has 0 saturated carbocycles. The van der Waals surface area contributed by atoms with Crippen LogP contribution in [0.15, 0.2) is 12.1 Å². The lowest BCUT2D eigenvalue weighted by molar-refractivity contribution is 0.00984. The molecule has 0 atom stereocenters. The van der Waals surface area contributed by atoms with E-state index in [-0.39, 0.29) is 22.3 Å². The Hall–Kier alpha value is -1.57. The SMILES string of the molecule is CC(C)(C)OC(=O)N1CCC(N2CCN(C(=O)c3cc(Cl)nc(Cl)c3)CC2)CC1. The fraction of sp³-hybridized carbons (Fsp3) is 0.650. The molecule has 2 fully saturated rings. The summed E-state index contributed by atoms with van der Waals surface area (Å²) in [6, 6.07) is 3.53. The number of carbonyl (C=O) groups is 2. The molecule has 0 unspecified atom stereocenters. The lowest BCUT2D eigenvalue weighted by Gasteiger charge is -2.42. The van der Waals surface area contributed by atoms with E-state index < -0.39 is 5.60 Å². The fourth-order valence-corrected chi connectivity index (χ4v) is 4.26. The van der Waals surface area contributed by atoms with Crippen molar-refractivity contribution in [3.05, 3.63) is 28.0 Å². The van der Waals surface area contributed by atoms with Crippen molar-refractivity contribution in [2.75, 3.05) is 39.3 Å². The minimum Gasteiger partial charge on any atom is -0.444 e. The van der Waals surface area contributed by atoms with Crippen molar-refractivity contribution in [1.29, 1.82) is 0 Å². The normalized spacial score (nSPS) is 19.3. The Labute approximate surface area is 181 Å². The monoisotopic (exact) mass is 442 g/mol. The maximum atomic E-state index is 12.7. The molecule has 1 aromatic rings. The Balaban J connectivity index is 1.48. The molecule has 0 N–H and O–H groups in total. The molecule has 3 heterocycles. The summed E-state index contributed by atoms with van der Waals surface area (Å²) < 4.78 is 5.46. The van der Waals surface area contributed by atoms with Crippen molar-refractivity contribution in [2.24, 2.45) is 0 Å². The molecular formula is C20H28Cl2N4O3. The first-order valence-electron chi connectivity index (χ1n) is 9.97. The van der Waals surface area contributed by atoms with Crippen LogP contribution in [0.1, 0.15) is 44.0 Å². The molecule has 2 saturated heterocycles. The predicted octanol–water partition coefficient (Wildman–Crippen LogP) is 3.55. The van der Waals surface area contributed by atoms with Gasteiger partial charge in [0, 0.05) is 50.9 Å². The van der Waals surface area contributed by atoms with Crippen LogP contribution < -0.4 is 0 Å². The maximum Gasteiger partial charge on any atom is 0.410 e. The molecule has 0 aliphatic carbocycles. The number of piperazine rings is 1. The smallest absolute Gasteiger partial charge is 0.410 e. The fourth-order valence-electron chi connectivity index (χ4n) is 3.80. The molecule has 2 aliphatic heterocycles. The van der Waals surface area contributed by atoms with Gasteiger partial charge in [-0.3, -0.25) is 9.69 Å². The number of aromatic nitrogens is 1. The van der Waals surface area contributed by atoms with Crippen LogP contribution in [-0.2, 0) is 4.74 Å². The zero-order valence-corrected chi connectivity index (χ0v) is 18.7. The second kappa shape index (κ2) is 9.06. The van der Waals surface area contributed by atoms with E-state index in [9.17, 15) is 9.59 Å². The number of hydrogen-bond donors (Lipinski definition) is 0. The first kappa shape index (κ1) is 22.1. The van der Waals surface area contributed by atoms with E-state index in [2.05, 4.69) is 9.88 Å². The topological polar surface area (TPSA) is 66.0 Å². The maximum absolute atomic E-state index is 12.7. The average molecular weight is 443 g/mol. The molecule has 0 aromatic carbocycles. The number of piperidine rings is 1. The molecule has 2 amide bonds. The Kier molecular flexibility index (Phi) is 6.91. The highest BCUT2D eigenvalue weighted by Crippen LogP contribution is 2.22. The quantitative estimate of drug-likeness (QED) is 0.655. The number of likely N-dealkylation sites (tertiary alicyclic amines) is 1. The molecule has 9 heteroatoms. The van der Waals surface area contributed by atoms with Crippen LogP contribution in [-0.4, -0.2) is 82.6 Å². The van der Waals surface area contributed by atoms with Crippen molar-refractivity contribution >= 4 is 35.2 Å². The van der Waals surface area contributed by atoms with Crippen LogP contribution in [0.4, 0.5) is 4.79 Å². The van der Waals surface area contributed by atoms with E-state index in [1.165, 1.54) is 0 Å². The van der Waals surface area contributed by atoms with Gasteiger partial charge in [0.1, 0.15) is 15.9 Å². The Morgan fingerprint density at radius 1 is 0.966 bits per heavy atom. The Morgan fingerprint density at radius 3 is 2.03 bits per heavy atom. The summed E-state index contributed by atoms with van der Waals surface area (Å²) in [5.74, 6) is -0.0735. The zero-order valence-electron chi connectivity index (χ0n) is 17.2. The van der Waals surface area contributed by atoms with Crippen molar-refractivity contribution < 1.29 is 14.3 Å². The lowest BCUT2D eigenvalue weighted by atomic mass is 10.0. The molecule has 7 nitrogen and oxygen atoms in total. The van der Waals surface area contributed by atoms with Crippen molar-refractivity contribution in [3.8, 4) is 0 Å². The second-order valence-corrected chi connectivity index (χ2v) is 9.30. The van der Waals surface area contributed by atoms with E-state index in [1.54, 1.807) is 17.0 Å². The van der Waals surface area contributed by atoms with Crippen LogP contribution in [0, 0.1) is 0 Å². The highest BCUT2D eigenvalue weighted by atomic mass is 35.5. The largest absolute Gasteiger partial charge is 0.444 e. The van der Waals surface area contributed by atoms with Crippen LogP contribution >= 0.6 is 23.2 Å². The van der Waals surface area contributed by atoms with Gasteiger partial charge in [0.15, 0.2) is 0 Å². The standard InChI is InChI=1S/C20H28Cl2N4O3/c1-20(2,3)29-19(28)26-6-4-15(5-7-26)24-8-10-25(11-9-24)18(27)14-12-16(21)23-17(22)13-14/h12-13,15H,4-11H2,1-3H3. The molecule has 0 spiro atoms. The summed E-state index contributed by atoms with van der Waals surface area (Å²) in [4.78, 5) is 34.9. The summed E-state index contributed by atoms with van der Waals surface area (Å²) in [7, 11) is 0. The summed E-state index contributed by atoms with van der Waals surface area (Å²) in [6.45, 7) is 9.99. The minimum absolute atomic E-state index is 0.0735. The number of hydrogen-bond acceptors (Lipinski definition) is 5. The van der Waals surface area contributed by atoms with Crippen molar-refractivity contribution in [2.45, 2.75) is 45.3 Å². The number of amides is 2. The number of rotatable bonds is 2. The molecule has 1 aromatic heterocycles. The van der Waals surface area contributed by atoms with E-state index in [0.717, 1.165) is 25.9 Å². The van der Waals surface area contributed by atoms with Gasteiger partial charge in [0.2, 0.25) is 0 Å². The van der Waals surface area contributed by atoms with Crippen LogP contribution in [0.2, 0.25) is 10.3 Å². The van der Waals surface area contributed by atoms with Crippen LogP contribution in [0.25, 0.3) is 0 Å². The number of nitrogens with zero attached hydrogens (tertiary/aromatic N) is 4. The number of ether oxygens (including phenoxy) is 1. The van der Waals surface area contributed by atoms with E-state index in [0.29, 0.717) is 37.8 Å². The summed E-state index contributed by atoms with van der Waals surface area (Å²) >= 11 is 11.8. The van der Waals surface area contributed by atoms with Crippen molar-refractivity contribution in [3.63, 3.8) is 0 Å². The summed E-state index contributed by atoms with van der Waals surface area (Å²) in [5.41, 5.74) is -0.00538. The number of carbonyl (C=O) groups excluding carboxylic acids is 2. The minimum atomic E-state index is -0.472. The number of halogens is 2. The van der Waals surface area contributed by atoms with Gasteiger partial charge in [-0.15, -0.1) is 0 Å². The Bertz CT molecular complexity index is 732. The van der Waals surface area contributed by atoms with E-state index in [1.807, 2.05) is 25.7 Å². The highest BCUT2D eigenvalue weighted by molar-refractivity contribution is 6.33. The van der Waals surface area contributed by atoms with Crippen molar-refractivity contribution in [1.82, 2.24) is 19.7 Å². The van der Waals surface area contributed by atoms with E-state index in [4.69, 9.17) is 27.9 Å². The molecule has 29 heavy (non-hydrogen) atoms. The lowest BCUT2D eigenvalue weighted by Crippen LogP contribution is -2.55. The van der Waals surface area contributed by atoms with Gasteiger partial charge in [0.05, 0.1) is 0 Å². The molecule has 0 radical (unpaired) electrons. The van der Waals surface area contributed by atoms with Crippen LogP contribution in [0.3, 0.4) is 0 Å². The zero-order chi connectivity index (χ0) is 21.2. The van der Waals surface area contributed by atoms with Gasteiger partial charge < -0.3 is 14.5 Å². The molecule has 0 bridgehead atoms. The molecular weight excluding hydrogens is 415 g/mol. The molecule has 2 aliphatic rings. The van der Waals surface area contributed by atoms with Crippen LogP contribution in [0.5, 0.6) is 0 Å². The van der Waals surface area contributed by atoms with Gasteiger partial charge in [-0.05, 0) is 45.7 Å². The van der Waals surface area contributed by atoms with Gasteiger partial charge in [-0.2, -0.15) is 0 Å². The van der Waals surface area contributed by atoms with Gasteiger partial charge in [0.25, 0.3) is 5.91 Å². The highest BCUT2D eigenvalue weighted by Gasteiger charge is 2.32. The Morgan fingerprint density at radius 2 is 1.52 bits per heavy atom.